The highest BCUT2D eigenvalue weighted by atomic mass is 16.4. The molecule has 3 aromatic carbocycles. The predicted octanol–water partition coefficient (Wildman–Crippen LogP) is 5.00. The SMILES string of the molecule is CCN(CCCc1cccc(C(=O)O)c1)c1cccc2ccccc12. The van der Waals surface area contributed by atoms with Gasteiger partial charge in [-0.15, -0.1) is 0 Å². The number of rotatable bonds is 7. The summed E-state index contributed by atoms with van der Waals surface area (Å²) in [7, 11) is 0. The van der Waals surface area contributed by atoms with E-state index in [9.17, 15) is 4.79 Å². The van der Waals surface area contributed by atoms with Crippen molar-refractivity contribution in [2.75, 3.05) is 18.0 Å². The first-order valence-corrected chi connectivity index (χ1v) is 8.74. The molecule has 0 aromatic heterocycles. The number of fused-ring (bicyclic) bond motifs is 1. The minimum absolute atomic E-state index is 0.360. The van der Waals surface area contributed by atoms with E-state index in [4.69, 9.17) is 5.11 Å². The minimum Gasteiger partial charge on any atom is -0.478 e. The first kappa shape index (κ1) is 17.0. The molecule has 0 unspecified atom stereocenters. The van der Waals surface area contributed by atoms with Gasteiger partial charge >= 0.3 is 5.97 Å². The number of hydrogen-bond donors (Lipinski definition) is 1. The lowest BCUT2D eigenvalue weighted by Gasteiger charge is -2.25. The maximum absolute atomic E-state index is 11.1. The number of hydrogen-bond acceptors (Lipinski definition) is 2. The first-order chi connectivity index (χ1) is 12.2. The number of carboxylic acid groups (broad SMARTS) is 1. The van der Waals surface area contributed by atoms with Gasteiger partial charge in [-0.3, -0.25) is 0 Å². The van der Waals surface area contributed by atoms with Crippen molar-refractivity contribution in [3.63, 3.8) is 0 Å². The monoisotopic (exact) mass is 333 g/mol. The molecule has 0 heterocycles. The van der Waals surface area contributed by atoms with E-state index in [1.807, 2.05) is 12.1 Å². The van der Waals surface area contributed by atoms with Crippen LogP contribution in [-0.4, -0.2) is 24.2 Å². The molecular weight excluding hydrogens is 310 g/mol. The molecule has 0 saturated heterocycles. The second-order valence-corrected chi connectivity index (χ2v) is 6.19. The largest absolute Gasteiger partial charge is 0.478 e. The molecule has 0 fully saturated rings. The van der Waals surface area contributed by atoms with E-state index in [1.54, 1.807) is 12.1 Å². The van der Waals surface area contributed by atoms with Gasteiger partial charge in [-0.05, 0) is 48.9 Å². The molecule has 3 aromatic rings. The molecule has 1 N–H and O–H groups in total. The summed E-state index contributed by atoms with van der Waals surface area (Å²) in [6.45, 7) is 4.07. The van der Waals surface area contributed by atoms with Gasteiger partial charge in [-0.25, -0.2) is 4.79 Å². The van der Waals surface area contributed by atoms with E-state index >= 15 is 0 Å². The highest BCUT2D eigenvalue weighted by Gasteiger charge is 2.09. The van der Waals surface area contributed by atoms with Crippen molar-refractivity contribution >= 4 is 22.4 Å². The number of aryl methyl sites for hydroxylation is 1. The number of nitrogens with zero attached hydrogens (tertiary/aromatic N) is 1. The molecule has 0 amide bonds. The quantitative estimate of drug-likeness (QED) is 0.661. The number of carbonyl (C=O) groups is 1. The van der Waals surface area contributed by atoms with Gasteiger partial charge < -0.3 is 10.0 Å². The molecule has 0 aliphatic carbocycles. The molecular formula is C22H23NO2. The van der Waals surface area contributed by atoms with Crippen molar-refractivity contribution in [1.82, 2.24) is 0 Å². The van der Waals surface area contributed by atoms with Gasteiger partial charge in [-0.2, -0.15) is 0 Å². The smallest absolute Gasteiger partial charge is 0.335 e. The van der Waals surface area contributed by atoms with Gasteiger partial charge in [0, 0.05) is 24.2 Å². The fourth-order valence-electron chi connectivity index (χ4n) is 3.27. The van der Waals surface area contributed by atoms with E-state index in [1.165, 1.54) is 16.5 Å². The zero-order valence-electron chi connectivity index (χ0n) is 14.5. The Bertz CT molecular complexity index is 867. The Kier molecular flexibility index (Phi) is 5.34. The molecule has 0 spiro atoms. The standard InChI is InChI=1S/C22H23NO2/c1-2-23(21-14-6-11-18-10-3-4-13-20(18)21)15-7-9-17-8-5-12-19(16-17)22(24)25/h3-6,8,10-14,16H,2,7,9,15H2,1H3,(H,24,25). The van der Waals surface area contributed by atoms with Crippen LogP contribution in [0.4, 0.5) is 5.69 Å². The lowest BCUT2D eigenvalue weighted by Crippen LogP contribution is -2.24. The highest BCUT2D eigenvalue weighted by Crippen LogP contribution is 2.26. The normalized spacial score (nSPS) is 10.8. The van der Waals surface area contributed by atoms with Crippen molar-refractivity contribution in [3.8, 4) is 0 Å². The van der Waals surface area contributed by atoms with Crippen LogP contribution in [0.25, 0.3) is 10.8 Å². The Balaban J connectivity index is 1.70. The molecule has 3 nitrogen and oxygen atoms in total. The third kappa shape index (κ3) is 4.00. The van der Waals surface area contributed by atoms with Gasteiger partial charge in [0.2, 0.25) is 0 Å². The van der Waals surface area contributed by atoms with Crippen LogP contribution in [0.1, 0.15) is 29.3 Å². The summed E-state index contributed by atoms with van der Waals surface area (Å²) in [6, 6.07) is 22.1. The Hall–Kier alpha value is -2.81. The Morgan fingerprint density at radius 1 is 1.00 bits per heavy atom. The molecule has 25 heavy (non-hydrogen) atoms. The Morgan fingerprint density at radius 3 is 2.56 bits per heavy atom. The van der Waals surface area contributed by atoms with Crippen LogP contribution >= 0.6 is 0 Å². The number of aromatic carboxylic acids is 1. The third-order valence-electron chi connectivity index (χ3n) is 4.56. The predicted molar refractivity (Wildman–Crippen MR) is 104 cm³/mol. The summed E-state index contributed by atoms with van der Waals surface area (Å²) >= 11 is 0. The molecule has 0 saturated carbocycles. The highest BCUT2D eigenvalue weighted by molar-refractivity contribution is 5.94. The van der Waals surface area contributed by atoms with E-state index < -0.39 is 5.97 Å². The van der Waals surface area contributed by atoms with Crippen LogP contribution in [0.3, 0.4) is 0 Å². The maximum atomic E-state index is 11.1. The van der Waals surface area contributed by atoms with E-state index in [0.717, 1.165) is 31.5 Å². The zero-order chi connectivity index (χ0) is 17.6. The Morgan fingerprint density at radius 2 is 1.76 bits per heavy atom. The van der Waals surface area contributed by atoms with Crippen LogP contribution in [0.5, 0.6) is 0 Å². The van der Waals surface area contributed by atoms with Crippen molar-refractivity contribution in [2.24, 2.45) is 0 Å². The van der Waals surface area contributed by atoms with Gasteiger partial charge in [0.1, 0.15) is 0 Å². The summed E-state index contributed by atoms with van der Waals surface area (Å²) in [4.78, 5) is 13.5. The van der Waals surface area contributed by atoms with Crippen LogP contribution in [0.15, 0.2) is 66.7 Å². The molecule has 128 valence electrons. The summed E-state index contributed by atoms with van der Waals surface area (Å²) in [6.07, 6.45) is 1.86. The average molecular weight is 333 g/mol. The third-order valence-corrected chi connectivity index (χ3v) is 4.56. The molecule has 0 aliphatic rings. The lowest BCUT2D eigenvalue weighted by atomic mass is 10.1. The molecule has 0 bridgehead atoms. The second-order valence-electron chi connectivity index (χ2n) is 6.19. The first-order valence-electron chi connectivity index (χ1n) is 8.74. The summed E-state index contributed by atoms with van der Waals surface area (Å²) in [5.41, 5.74) is 2.70. The number of benzene rings is 3. The van der Waals surface area contributed by atoms with Crippen molar-refractivity contribution in [3.05, 3.63) is 77.9 Å². The maximum Gasteiger partial charge on any atom is 0.335 e. The molecule has 0 atom stereocenters. The van der Waals surface area contributed by atoms with Crippen LogP contribution in [0, 0.1) is 0 Å². The minimum atomic E-state index is -0.868. The topological polar surface area (TPSA) is 40.5 Å². The van der Waals surface area contributed by atoms with Crippen LogP contribution < -0.4 is 4.90 Å². The van der Waals surface area contributed by atoms with Crippen molar-refractivity contribution in [2.45, 2.75) is 19.8 Å². The lowest BCUT2D eigenvalue weighted by molar-refractivity contribution is 0.0696. The fraction of sp³-hybridized carbons (Fsp3) is 0.227. The van der Waals surface area contributed by atoms with Gasteiger partial charge in [0.15, 0.2) is 0 Å². The summed E-state index contributed by atoms with van der Waals surface area (Å²) in [5, 5.41) is 11.6. The van der Waals surface area contributed by atoms with Gasteiger partial charge in [0.05, 0.1) is 5.56 Å². The number of carboxylic acids is 1. The van der Waals surface area contributed by atoms with Gasteiger partial charge in [0.25, 0.3) is 0 Å². The second kappa shape index (κ2) is 7.84. The molecule has 3 heteroatoms. The van der Waals surface area contributed by atoms with Crippen LogP contribution in [-0.2, 0) is 6.42 Å². The number of anilines is 1. The van der Waals surface area contributed by atoms with Gasteiger partial charge in [-0.1, -0.05) is 48.5 Å². The van der Waals surface area contributed by atoms with E-state index in [2.05, 4.69) is 54.3 Å². The van der Waals surface area contributed by atoms with Crippen molar-refractivity contribution < 1.29 is 9.90 Å². The van der Waals surface area contributed by atoms with E-state index in [0.29, 0.717) is 5.56 Å². The zero-order valence-corrected chi connectivity index (χ0v) is 14.5. The summed E-state index contributed by atoms with van der Waals surface area (Å²) < 4.78 is 0. The average Bonchev–Trinajstić information content (AvgIpc) is 2.65. The van der Waals surface area contributed by atoms with E-state index in [-0.39, 0.29) is 0 Å². The fourth-order valence-corrected chi connectivity index (χ4v) is 3.27. The molecule has 3 rings (SSSR count). The Labute approximate surface area is 148 Å². The van der Waals surface area contributed by atoms with Crippen LogP contribution in [0.2, 0.25) is 0 Å². The molecule has 0 aliphatic heterocycles. The summed E-state index contributed by atoms with van der Waals surface area (Å²) in [5.74, 6) is -0.868. The molecule has 0 radical (unpaired) electrons. The van der Waals surface area contributed by atoms with Crippen molar-refractivity contribution in [1.29, 1.82) is 0 Å².